The van der Waals surface area contributed by atoms with Crippen molar-refractivity contribution in [3.8, 4) is 5.75 Å². The predicted octanol–water partition coefficient (Wildman–Crippen LogP) is 1.06. The van der Waals surface area contributed by atoms with Crippen molar-refractivity contribution in [3.05, 3.63) is 29.8 Å². The SMILES string of the molecule is O=C1CN2C(=O)Oc3ccccc3C2O1. The first-order chi connectivity index (χ1) is 7.25. The van der Waals surface area contributed by atoms with Crippen LogP contribution in [0.25, 0.3) is 0 Å². The van der Waals surface area contributed by atoms with Gasteiger partial charge in [0, 0.05) is 0 Å². The van der Waals surface area contributed by atoms with Gasteiger partial charge in [0.1, 0.15) is 12.3 Å². The number of nitrogens with zero attached hydrogens (tertiary/aromatic N) is 1. The Hall–Kier alpha value is -2.04. The number of esters is 1. The molecule has 0 aliphatic carbocycles. The van der Waals surface area contributed by atoms with Crippen molar-refractivity contribution < 1.29 is 19.1 Å². The molecule has 0 radical (unpaired) electrons. The summed E-state index contributed by atoms with van der Waals surface area (Å²) in [6.07, 6.45) is -1.15. The van der Waals surface area contributed by atoms with E-state index >= 15 is 0 Å². The highest BCUT2D eigenvalue weighted by Gasteiger charge is 2.42. The van der Waals surface area contributed by atoms with E-state index in [2.05, 4.69) is 0 Å². The first-order valence-corrected chi connectivity index (χ1v) is 4.52. The molecule has 0 aromatic heterocycles. The van der Waals surface area contributed by atoms with Gasteiger partial charge in [0.2, 0.25) is 6.23 Å². The molecule has 1 atom stereocenters. The minimum Gasteiger partial charge on any atom is -0.435 e. The number of hydrogen-bond donors (Lipinski definition) is 0. The van der Waals surface area contributed by atoms with Gasteiger partial charge in [0.05, 0.1) is 5.56 Å². The maximum atomic E-state index is 11.5. The summed E-state index contributed by atoms with van der Waals surface area (Å²) >= 11 is 0. The number of carbonyl (C=O) groups excluding carboxylic acids is 2. The van der Waals surface area contributed by atoms with Crippen molar-refractivity contribution in [2.45, 2.75) is 6.23 Å². The standard InChI is InChI=1S/C10H7NO4/c12-8-5-11-9(15-8)6-3-1-2-4-7(6)14-10(11)13/h1-4,9H,5H2. The molecule has 0 bridgehead atoms. The van der Waals surface area contributed by atoms with Crippen LogP contribution in [0.2, 0.25) is 0 Å². The number of benzene rings is 1. The average molecular weight is 205 g/mol. The van der Waals surface area contributed by atoms with E-state index in [4.69, 9.17) is 9.47 Å². The molecule has 15 heavy (non-hydrogen) atoms. The highest BCUT2D eigenvalue weighted by molar-refractivity contribution is 5.84. The van der Waals surface area contributed by atoms with E-state index in [-0.39, 0.29) is 6.54 Å². The van der Waals surface area contributed by atoms with Crippen LogP contribution in [0.3, 0.4) is 0 Å². The van der Waals surface area contributed by atoms with Gasteiger partial charge < -0.3 is 9.47 Å². The molecule has 1 saturated heterocycles. The van der Waals surface area contributed by atoms with Crippen molar-refractivity contribution in [2.24, 2.45) is 0 Å². The van der Waals surface area contributed by atoms with Gasteiger partial charge in [-0.25, -0.2) is 4.79 Å². The molecule has 2 aliphatic rings. The van der Waals surface area contributed by atoms with Gasteiger partial charge in [-0.1, -0.05) is 12.1 Å². The average Bonchev–Trinajstić information content (AvgIpc) is 2.61. The lowest BCUT2D eigenvalue weighted by atomic mass is 10.1. The number of carbonyl (C=O) groups is 2. The Morgan fingerprint density at radius 3 is 2.93 bits per heavy atom. The third-order valence-corrected chi connectivity index (χ3v) is 2.44. The molecule has 76 valence electrons. The quantitative estimate of drug-likeness (QED) is 0.594. The molecule has 5 heteroatoms. The lowest BCUT2D eigenvalue weighted by molar-refractivity contribution is -0.141. The molecular weight excluding hydrogens is 198 g/mol. The Bertz CT molecular complexity index is 456. The Morgan fingerprint density at radius 2 is 2.07 bits per heavy atom. The summed E-state index contributed by atoms with van der Waals surface area (Å²) in [5, 5.41) is 0. The van der Waals surface area contributed by atoms with Crippen LogP contribution in [0.5, 0.6) is 5.75 Å². The molecular formula is C10H7NO4. The van der Waals surface area contributed by atoms with Crippen molar-refractivity contribution in [3.63, 3.8) is 0 Å². The largest absolute Gasteiger partial charge is 0.435 e. The number of fused-ring (bicyclic) bond motifs is 3. The molecule has 1 aromatic carbocycles. The molecule has 0 saturated carbocycles. The number of amides is 1. The van der Waals surface area contributed by atoms with Crippen molar-refractivity contribution >= 4 is 12.1 Å². The Kier molecular flexibility index (Phi) is 1.50. The smallest absolute Gasteiger partial charge is 0.418 e. The Labute approximate surface area is 85.2 Å². The molecule has 1 aromatic rings. The van der Waals surface area contributed by atoms with Gasteiger partial charge in [-0.2, -0.15) is 0 Å². The second-order valence-electron chi connectivity index (χ2n) is 3.38. The second kappa shape index (κ2) is 2.73. The molecule has 1 amide bonds. The number of para-hydroxylation sites is 1. The van der Waals surface area contributed by atoms with Crippen LogP contribution in [0, 0.1) is 0 Å². The summed E-state index contributed by atoms with van der Waals surface area (Å²) in [6.45, 7) is -0.0438. The van der Waals surface area contributed by atoms with Crippen LogP contribution in [0.1, 0.15) is 11.8 Å². The molecule has 1 unspecified atom stereocenters. The van der Waals surface area contributed by atoms with E-state index in [1.54, 1.807) is 18.2 Å². The minimum atomic E-state index is -0.616. The highest BCUT2D eigenvalue weighted by atomic mass is 16.6. The summed E-state index contributed by atoms with van der Waals surface area (Å²) in [5.74, 6) is 0.0482. The van der Waals surface area contributed by atoms with Gasteiger partial charge in [-0.05, 0) is 12.1 Å². The molecule has 5 nitrogen and oxygen atoms in total. The summed E-state index contributed by atoms with van der Waals surface area (Å²) in [7, 11) is 0. The van der Waals surface area contributed by atoms with Crippen LogP contribution in [0.15, 0.2) is 24.3 Å². The third kappa shape index (κ3) is 1.09. The fourth-order valence-corrected chi connectivity index (χ4v) is 1.77. The highest BCUT2D eigenvalue weighted by Crippen LogP contribution is 2.37. The normalized spacial score (nSPS) is 22.9. The maximum Gasteiger partial charge on any atom is 0.418 e. The van der Waals surface area contributed by atoms with Crippen LogP contribution in [-0.2, 0) is 9.53 Å². The van der Waals surface area contributed by atoms with Crippen LogP contribution in [0.4, 0.5) is 4.79 Å². The Balaban J connectivity index is 2.11. The van der Waals surface area contributed by atoms with Crippen LogP contribution in [-0.4, -0.2) is 23.5 Å². The maximum absolute atomic E-state index is 11.5. The molecule has 3 rings (SSSR count). The molecule has 2 aliphatic heterocycles. The van der Waals surface area contributed by atoms with E-state index < -0.39 is 18.3 Å². The third-order valence-electron chi connectivity index (χ3n) is 2.44. The summed E-state index contributed by atoms with van der Waals surface area (Å²) in [5.41, 5.74) is 0.711. The number of rotatable bonds is 0. The van der Waals surface area contributed by atoms with E-state index in [0.29, 0.717) is 11.3 Å². The summed E-state index contributed by atoms with van der Waals surface area (Å²) in [6, 6.07) is 7.02. The van der Waals surface area contributed by atoms with Crippen LogP contribution >= 0.6 is 0 Å². The summed E-state index contributed by atoms with van der Waals surface area (Å²) < 4.78 is 10.1. The zero-order valence-corrected chi connectivity index (χ0v) is 7.67. The zero-order valence-electron chi connectivity index (χ0n) is 7.67. The van der Waals surface area contributed by atoms with E-state index in [1.165, 1.54) is 4.90 Å². The second-order valence-corrected chi connectivity index (χ2v) is 3.38. The lowest BCUT2D eigenvalue weighted by Crippen LogP contribution is -2.37. The van der Waals surface area contributed by atoms with Gasteiger partial charge in [-0.15, -0.1) is 0 Å². The first-order valence-electron chi connectivity index (χ1n) is 4.52. The van der Waals surface area contributed by atoms with Crippen molar-refractivity contribution in [1.82, 2.24) is 4.90 Å². The minimum absolute atomic E-state index is 0.0438. The van der Waals surface area contributed by atoms with E-state index in [0.717, 1.165) is 0 Å². The first kappa shape index (κ1) is 8.28. The van der Waals surface area contributed by atoms with Crippen molar-refractivity contribution in [1.29, 1.82) is 0 Å². The number of ether oxygens (including phenoxy) is 2. The van der Waals surface area contributed by atoms with E-state index in [1.807, 2.05) is 6.07 Å². The lowest BCUT2D eigenvalue weighted by Gasteiger charge is -2.27. The van der Waals surface area contributed by atoms with Crippen LogP contribution < -0.4 is 4.74 Å². The fourth-order valence-electron chi connectivity index (χ4n) is 1.77. The topological polar surface area (TPSA) is 55.8 Å². The van der Waals surface area contributed by atoms with Gasteiger partial charge in [0.25, 0.3) is 0 Å². The molecule has 0 spiro atoms. The summed E-state index contributed by atoms with van der Waals surface area (Å²) in [4.78, 5) is 23.8. The fraction of sp³-hybridized carbons (Fsp3) is 0.200. The van der Waals surface area contributed by atoms with Gasteiger partial charge in [0.15, 0.2) is 0 Å². The molecule has 1 fully saturated rings. The number of hydrogen-bond acceptors (Lipinski definition) is 4. The molecule has 0 N–H and O–H groups in total. The van der Waals surface area contributed by atoms with E-state index in [9.17, 15) is 9.59 Å². The van der Waals surface area contributed by atoms with Gasteiger partial charge in [-0.3, -0.25) is 9.69 Å². The monoisotopic (exact) mass is 205 g/mol. The van der Waals surface area contributed by atoms with Crippen molar-refractivity contribution in [2.75, 3.05) is 6.54 Å². The predicted molar refractivity (Wildman–Crippen MR) is 48.0 cm³/mol. The van der Waals surface area contributed by atoms with Gasteiger partial charge >= 0.3 is 12.1 Å². The zero-order chi connectivity index (χ0) is 10.4. The Morgan fingerprint density at radius 1 is 1.27 bits per heavy atom. The molecule has 2 heterocycles.